The molecule has 5 atom stereocenters. The van der Waals surface area contributed by atoms with Crippen molar-refractivity contribution in [2.24, 2.45) is 11.3 Å². The van der Waals surface area contributed by atoms with Crippen molar-refractivity contribution in [3.63, 3.8) is 0 Å². The molecule has 0 aromatic heterocycles. The number of alkyl halides is 3. The van der Waals surface area contributed by atoms with E-state index in [1.165, 1.54) is 51.3 Å². The second-order valence-corrected chi connectivity index (χ2v) is 13.2. The van der Waals surface area contributed by atoms with Crippen LogP contribution in [-0.4, -0.2) is 67.8 Å². The smallest absolute Gasteiger partial charge is 0.432 e. The molecule has 11 nitrogen and oxygen atoms in total. The number of Topliss-reactive ketones (excluding diaryl/α,β-unsaturated/α-hetero) is 3. The number of carbonyl (C=O) groups excluding carboxylic acids is 6. The molecule has 1 unspecified atom stereocenters. The number of aryl methyl sites for hydroxylation is 1. The number of allylic oxidation sites excluding steroid dienone is 2. The molecule has 0 fully saturated rings. The standard InChI is InChI=1S/C39H38F3NO10/c1-7-22-13-15-25(44)29-28-24(19-20(2)34(29)50-5)32(46)31-30(33(28)47)37(4,18-17-27(45)43-31)35(48)52-21(3)26(16-14-22)53-36(49)38(51-6,39(40,41)42)23-11-9-8-10-12-23/h8-12,14,16-19,21-22,26H,7,13,15H2,1-6H3,(H,43,45)/b16-14+/t21-,22?,26-,37-,38+/m0/s1. The predicted octanol–water partition coefficient (Wildman–Crippen LogP) is 5.84. The molecule has 53 heavy (non-hydrogen) atoms. The Morgan fingerprint density at radius 2 is 1.70 bits per heavy atom. The number of amides is 1. The van der Waals surface area contributed by atoms with Gasteiger partial charge >= 0.3 is 18.1 Å². The first kappa shape index (κ1) is 38.9. The zero-order valence-electron chi connectivity index (χ0n) is 29.8. The van der Waals surface area contributed by atoms with Crippen LogP contribution >= 0.6 is 0 Å². The minimum absolute atomic E-state index is 0.0506. The van der Waals surface area contributed by atoms with E-state index in [2.05, 4.69) is 5.32 Å². The van der Waals surface area contributed by atoms with Gasteiger partial charge in [0.05, 0.1) is 18.4 Å². The van der Waals surface area contributed by atoms with Crippen molar-refractivity contribution in [3.05, 3.63) is 99.8 Å². The molecular formula is C39H38F3NO10. The summed E-state index contributed by atoms with van der Waals surface area (Å²) in [6.07, 6.45) is -3.25. The average Bonchev–Trinajstić information content (AvgIpc) is 3.25. The molecule has 2 aromatic carbocycles. The summed E-state index contributed by atoms with van der Waals surface area (Å²) in [6.45, 7) is 5.87. The van der Waals surface area contributed by atoms with Gasteiger partial charge in [-0.1, -0.05) is 49.4 Å². The third-order valence-electron chi connectivity index (χ3n) is 9.90. The van der Waals surface area contributed by atoms with Gasteiger partial charge in [-0.2, -0.15) is 13.2 Å². The monoisotopic (exact) mass is 737 g/mol. The van der Waals surface area contributed by atoms with Crippen molar-refractivity contribution in [1.29, 1.82) is 0 Å². The third-order valence-corrected chi connectivity index (χ3v) is 9.90. The fourth-order valence-electron chi connectivity index (χ4n) is 6.89. The van der Waals surface area contributed by atoms with Crippen LogP contribution in [0, 0.1) is 18.3 Å². The van der Waals surface area contributed by atoms with Crippen molar-refractivity contribution < 1.29 is 60.9 Å². The van der Waals surface area contributed by atoms with E-state index in [-0.39, 0.29) is 35.3 Å². The summed E-state index contributed by atoms with van der Waals surface area (Å²) >= 11 is 0. The Balaban J connectivity index is 1.69. The number of halogens is 3. The highest BCUT2D eigenvalue weighted by molar-refractivity contribution is 6.32. The maximum absolute atomic E-state index is 14.8. The lowest BCUT2D eigenvalue weighted by Crippen LogP contribution is -2.53. The van der Waals surface area contributed by atoms with Crippen molar-refractivity contribution in [1.82, 2.24) is 5.32 Å². The van der Waals surface area contributed by atoms with Crippen LogP contribution in [0.2, 0.25) is 0 Å². The molecule has 2 aromatic rings. The number of hydrogen-bond donors (Lipinski definition) is 1. The highest BCUT2D eigenvalue weighted by atomic mass is 19.4. The second-order valence-electron chi connectivity index (χ2n) is 13.2. The lowest BCUT2D eigenvalue weighted by molar-refractivity contribution is -0.278. The molecule has 0 radical (unpaired) electrons. The summed E-state index contributed by atoms with van der Waals surface area (Å²) in [6, 6.07) is 7.53. The summed E-state index contributed by atoms with van der Waals surface area (Å²) in [5.41, 5.74) is -7.59. The highest BCUT2D eigenvalue weighted by Gasteiger charge is 2.64. The van der Waals surface area contributed by atoms with Crippen LogP contribution < -0.4 is 10.1 Å². The van der Waals surface area contributed by atoms with E-state index in [4.69, 9.17) is 18.9 Å². The molecular weight excluding hydrogens is 699 g/mol. The molecule has 5 rings (SSSR count). The Kier molecular flexibility index (Phi) is 10.7. The predicted molar refractivity (Wildman–Crippen MR) is 182 cm³/mol. The first-order chi connectivity index (χ1) is 25.0. The molecule has 1 aliphatic carbocycles. The van der Waals surface area contributed by atoms with Gasteiger partial charge in [0.1, 0.15) is 17.3 Å². The van der Waals surface area contributed by atoms with Gasteiger partial charge < -0.3 is 24.3 Å². The van der Waals surface area contributed by atoms with E-state index in [0.717, 1.165) is 24.3 Å². The summed E-state index contributed by atoms with van der Waals surface area (Å²) in [5, 5.41) is 2.38. The van der Waals surface area contributed by atoms with Crippen LogP contribution in [0.25, 0.3) is 0 Å². The van der Waals surface area contributed by atoms with Crippen molar-refractivity contribution >= 4 is 35.2 Å². The minimum Gasteiger partial charge on any atom is -0.496 e. The van der Waals surface area contributed by atoms with Gasteiger partial charge in [-0.3, -0.25) is 24.0 Å². The lowest BCUT2D eigenvalue weighted by atomic mass is 9.71. The first-order valence-corrected chi connectivity index (χ1v) is 16.8. The summed E-state index contributed by atoms with van der Waals surface area (Å²) in [4.78, 5) is 83.6. The second kappa shape index (κ2) is 14.6. The van der Waals surface area contributed by atoms with Gasteiger partial charge in [0, 0.05) is 41.9 Å². The van der Waals surface area contributed by atoms with Crippen LogP contribution in [0.3, 0.4) is 0 Å². The molecule has 3 aliphatic rings. The molecule has 2 aliphatic heterocycles. The fourth-order valence-corrected chi connectivity index (χ4v) is 6.89. The number of ketones is 3. The van der Waals surface area contributed by atoms with Crippen LogP contribution in [0.4, 0.5) is 13.2 Å². The number of carbonyl (C=O) groups is 6. The van der Waals surface area contributed by atoms with Crippen molar-refractivity contribution in [2.75, 3.05) is 14.2 Å². The van der Waals surface area contributed by atoms with Crippen molar-refractivity contribution in [3.8, 4) is 5.75 Å². The largest absolute Gasteiger partial charge is 0.496 e. The third kappa shape index (κ3) is 6.60. The lowest BCUT2D eigenvalue weighted by Gasteiger charge is -2.35. The van der Waals surface area contributed by atoms with E-state index >= 15 is 0 Å². The molecule has 2 heterocycles. The molecule has 0 saturated heterocycles. The maximum atomic E-state index is 14.8. The Morgan fingerprint density at radius 1 is 1.02 bits per heavy atom. The molecule has 2 bridgehead atoms. The number of cyclic esters (lactones) is 1. The number of ether oxygens (including phenoxy) is 4. The van der Waals surface area contributed by atoms with Gasteiger partial charge in [0.2, 0.25) is 11.7 Å². The van der Waals surface area contributed by atoms with Gasteiger partial charge in [-0.25, -0.2) is 4.79 Å². The Morgan fingerprint density at radius 3 is 2.30 bits per heavy atom. The van der Waals surface area contributed by atoms with E-state index in [9.17, 15) is 41.9 Å². The van der Waals surface area contributed by atoms with E-state index < -0.39 is 87.3 Å². The molecule has 1 amide bonds. The molecule has 0 saturated carbocycles. The van der Waals surface area contributed by atoms with Gasteiger partial charge in [-0.15, -0.1) is 0 Å². The van der Waals surface area contributed by atoms with Gasteiger partial charge in [0.15, 0.2) is 17.7 Å². The number of methoxy groups -OCH3 is 2. The normalized spacial score (nSPS) is 25.3. The quantitative estimate of drug-likeness (QED) is 0.283. The Labute approximate surface area is 303 Å². The summed E-state index contributed by atoms with van der Waals surface area (Å²) in [7, 11) is 2.02. The van der Waals surface area contributed by atoms with E-state index in [0.29, 0.717) is 19.1 Å². The maximum Gasteiger partial charge on any atom is 0.432 e. The Hall–Kier alpha value is -5.37. The van der Waals surface area contributed by atoms with E-state index in [1.54, 1.807) is 19.9 Å². The van der Waals surface area contributed by atoms with Crippen LogP contribution in [0.5, 0.6) is 5.75 Å². The van der Waals surface area contributed by atoms with Crippen molar-refractivity contribution in [2.45, 2.75) is 70.9 Å². The average molecular weight is 738 g/mol. The summed E-state index contributed by atoms with van der Waals surface area (Å²) < 4.78 is 66.1. The summed E-state index contributed by atoms with van der Waals surface area (Å²) in [5.74, 6) is -6.59. The highest BCUT2D eigenvalue weighted by Crippen LogP contribution is 2.46. The molecule has 0 spiro atoms. The zero-order chi connectivity index (χ0) is 39.0. The zero-order valence-corrected chi connectivity index (χ0v) is 29.8. The number of rotatable bonds is 6. The number of esters is 2. The van der Waals surface area contributed by atoms with Crippen LogP contribution in [0.1, 0.15) is 82.2 Å². The van der Waals surface area contributed by atoms with Crippen LogP contribution in [0.15, 0.2) is 72.0 Å². The Bertz CT molecular complexity index is 1980. The number of nitrogens with one attached hydrogen (secondary N) is 1. The van der Waals surface area contributed by atoms with E-state index in [1.807, 2.05) is 0 Å². The fraction of sp³-hybridized carbons (Fsp3) is 0.385. The van der Waals surface area contributed by atoms with Gasteiger partial charge in [0.25, 0.3) is 5.60 Å². The first-order valence-electron chi connectivity index (χ1n) is 16.8. The molecule has 280 valence electrons. The minimum atomic E-state index is -5.31. The topological polar surface area (TPSA) is 151 Å². The molecule has 1 N–H and O–H groups in total. The molecule has 14 heteroatoms. The number of hydrogen-bond acceptors (Lipinski definition) is 10. The van der Waals surface area contributed by atoms with Crippen LogP contribution in [-0.2, 0) is 34.2 Å². The number of benzene rings is 2. The SMILES string of the molecule is CCC1/C=C/[C@H](OC(=O)[C@](OC)(c2ccccc2)C(F)(F)F)[C@H](C)OC(=O)[C@@]2(C)C=CC(=O)NC3=C2C(=O)c2c(cc(C)c(OC)c2C(=O)CC1)C3=O. The van der Waals surface area contributed by atoms with Gasteiger partial charge in [-0.05, 0) is 57.2 Å².